The molecule has 1 N–H and O–H groups in total. The van der Waals surface area contributed by atoms with Crippen LogP contribution in [0.1, 0.15) is 62.0 Å². The minimum atomic E-state index is -3.36. The van der Waals surface area contributed by atoms with Gasteiger partial charge in [-0.2, -0.15) is 0 Å². The predicted octanol–water partition coefficient (Wildman–Crippen LogP) is 4.51. The van der Waals surface area contributed by atoms with Gasteiger partial charge in [0.15, 0.2) is 19.7 Å². The van der Waals surface area contributed by atoms with Crippen LogP contribution in [0, 0.1) is 11.6 Å². The van der Waals surface area contributed by atoms with E-state index in [1.54, 1.807) is 12.1 Å². The van der Waals surface area contributed by atoms with E-state index < -0.39 is 31.3 Å². The van der Waals surface area contributed by atoms with E-state index >= 15 is 0 Å². The smallest absolute Gasteiger partial charge is 0.175 e. The summed E-state index contributed by atoms with van der Waals surface area (Å²) in [6, 6.07) is 8.36. The van der Waals surface area contributed by atoms with Crippen molar-refractivity contribution in [2.24, 2.45) is 0 Å². The quantitative estimate of drug-likeness (QED) is 0.564. The molecule has 0 amide bonds. The summed E-state index contributed by atoms with van der Waals surface area (Å²) in [5.41, 5.74) is 1.62. The third-order valence-corrected chi connectivity index (χ3v) is 9.24. The molecule has 2 saturated heterocycles. The van der Waals surface area contributed by atoms with Crippen LogP contribution in [-0.4, -0.2) is 67.0 Å². The number of piperidine rings is 2. The predicted molar refractivity (Wildman–Crippen MR) is 143 cm³/mol. The summed E-state index contributed by atoms with van der Waals surface area (Å²) in [6.45, 7) is 7.07. The Labute approximate surface area is 220 Å². The van der Waals surface area contributed by atoms with Gasteiger partial charge in [0.25, 0.3) is 0 Å². The van der Waals surface area contributed by atoms with Crippen LogP contribution in [0.3, 0.4) is 0 Å². The molecule has 37 heavy (non-hydrogen) atoms. The van der Waals surface area contributed by atoms with Crippen LogP contribution in [0.5, 0.6) is 0 Å². The number of halogens is 2. The molecule has 0 aliphatic carbocycles. The molecule has 0 atom stereocenters. The lowest BCUT2D eigenvalue weighted by atomic mass is 9.89. The Balaban J connectivity index is 0.000000208. The standard InChI is InChI=1S/C15H22FNO2S.C12H16FNO2S/c1-3-6-17-7-4-12(5-8-17)13-9-14(16)11-15(10-13)20(2,18)19;1-17(15,16)12-7-10(6-11(13)8-12)9-2-4-14-5-3-9/h9-12H,3-8H2,1-2H3;6-9,14H,2-5H2,1H3. The average molecular weight is 557 g/mol. The van der Waals surface area contributed by atoms with Crippen molar-refractivity contribution in [3.05, 3.63) is 59.2 Å². The lowest BCUT2D eigenvalue weighted by Crippen LogP contribution is -2.33. The summed E-state index contributed by atoms with van der Waals surface area (Å²) >= 11 is 0. The maximum atomic E-state index is 13.6. The van der Waals surface area contributed by atoms with Crippen LogP contribution in [0.4, 0.5) is 8.78 Å². The van der Waals surface area contributed by atoms with Crippen molar-refractivity contribution >= 4 is 19.7 Å². The third-order valence-electron chi connectivity index (χ3n) is 7.05. The van der Waals surface area contributed by atoms with Gasteiger partial charge in [0.1, 0.15) is 11.6 Å². The van der Waals surface area contributed by atoms with E-state index in [0.717, 1.165) is 101 Å². The van der Waals surface area contributed by atoms with Gasteiger partial charge in [0.05, 0.1) is 9.79 Å². The normalized spacial score (nSPS) is 18.3. The van der Waals surface area contributed by atoms with Crippen LogP contribution < -0.4 is 5.32 Å². The lowest BCUT2D eigenvalue weighted by molar-refractivity contribution is 0.212. The van der Waals surface area contributed by atoms with Crippen LogP contribution in [0.2, 0.25) is 0 Å². The molecule has 0 aromatic heterocycles. The van der Waals surface area contributed by atoms with E-state index in [-0.39, 0.29) is 21.6 Å². The van der Waals surface area contributed by atoms with Gasteiger partial charge in [-0.25, -0.2) is 25.6 Å². The van der Waals surface area contributed by atoms with Gasteiger partial charge in [-0.1, -0.05) is 6.92 Å². The topological polar surface area (TPSA) is 83.6 Å². The molecule has 2 aromatic carbocycles. The number of sulfone groups is 2. The van der Waals surface area contributed by atoms with Crippen molar-refractivity contribution in [2.45, 2.75) is 60.7 Å². The second-order valence-electron chi connectivity index (χ2n) is 10.1. The first-order valence-corrected chi connectivity index (χ1v) is 16.6. The fourth-order valence-electron chi connectivity index (χ4n) is 5.03. The third kappa shape index (κ3) is 8.84. The minimum absolute atomic E-state index is 0.0750. The molecular weight excluding hydrogens is 518 g/mol. The summed E-state index contributed by atoms with van der Waals surface area (Å²) < 4.78 is 73.1. The lowest BCUT2D eigenvalue weighted by Gasteiger charge is -2.32. The Morgan fingerprint density at radius 2 is 1.19 bits per heavy atom. The summed E-state index contributed by atoms with van der Waals surface area (Å²) in [6.07, 6.45) is 7.14. The molecule has 206 valence electrons. The first-order valence-electron chi connectivity index (χ1n) is 12.8. The largest absolute Gasteiger partial charge is 0.317 e. The molecule has 2 aromatic rings. The van der Waals surface area contributed by atoms with Crippen molar-refractivity contribution in [3.63, 3.8) is 0 Å². The number of benzene rings is 2. The fourth-order valence-corrected chi connectivity index (χ4v) is 6.38. The second kappa shape index (κ2) is 12.8. The van der Waals surface area contributed by atoms with Crippen LogP contribution in [0.25, 0.3) is 0 Å². The Hall–Kier alpha value is -1.88. The highest BCUT2D eigenvalue weighted by Crippen LogP contribution is 2.30. The van der Waals surface area contributed by atoms with E-state index in [1.807, 2.05) is 0 Å². The van der Waals surface area contributed by atoms with E-state index in [1.165, 1.54) is 12.1 Å². The highest BCUT2D eigenvalue weighted by molar-refractivity contribution is 7.91. The van der Waals surface area contributed by atoms with Crippen molar-refractivity contribution in [1.29, 1.82) is 0 Å². The molecule has 2 fully saturated rings. The van der Waals surface area contributed by atoms with E-state index in [0.29, 0.717) is 0 Å². The first-order chi connectivity index (χ1) is 17.4. The van der Waals surface area contributed by atoms with Gasteiger partial charge in [0.2, 0.25) is 0 Å². The maximum absolute atomic E-state index is 13.6. The fraction of sp³-hybridized carbons (Fsp3) is 0.556. The molecule has 6 nitrogen and oxygen atoms in total. The zero-order chi connectivity index (χ0) is 27.2. The average Bonchev–Trinajstić information content (AvgIpc) is 2.84. The number of nitrogens with one attached hydrogen (secondary N) is 1. The summed E-state index contributed by atoms with van der Waals surface area (Å²) in [4.78, 5) is 2.57. The molecule has 2 heterocycles. The summed E-state index contributed by atoms with van der Waals surface area (Å²) in [5, 5.41) is 3.23. The highest BCUT2D eigenvalue weighted by Gasteiger charge is 2.22. The molecule has 10 heteroatoms. The molecule has 2 aliphatic heterocycles. The summed E-state index contributed by atoms with van der Waals surface area (Å²) in [7, 11) is -6.70. The van der Waals surface area contributed by atoms with Crippen molar-refractivity contribution < 1.29 is 25.6 Å². The number of likely N-dealkylation sites (tertiary alicyclic amines) is 1. The monoisotopic (exact) mass is 556 g/mol. The molecule has 2 aliphatic rings. The van der Waals surface area contributed by atoms with Crippen molar-refractivity contribution in [3.8, 4) is 0 Å². The molecule has 0 saturated carbocycles. The second-order valence-corrected chi connectivity index (χ2v) is 14.2. The zero-order valence-electron chi connectivity index (χ0n) is 21.8. The van der Waals surface area contributed by atoms with Gasteiger partial charge in [-0.15, -0.1) is 0 Å². The molecule has 0 spiro atoms. The van der Waals surface area contributed by atoms with Crippen molar-refractivity contribution in [2.75, 3.05) is 45.2 Å². The highest BCUT2D eigenvalue weighted by atomic mass is 32.2. The number of rotatable bonds is 6. The first kappa shape index (κ1) is 29.7. The molecule has 0 bridgehead atoms. The SMILES string of the molecule is CCCN1CCC(c2cc(F)cc(S(C)(=O)=O)c2)CC1.CS(=O)(=O)c1cc(F)cc(C2CCNCC2)c1. The summed E-state index contributed by atoms with van der Waals surface area (Å²) in [5.74, 6) is -0.410. The number of hydrogen-bond acceptors (Lipinski definition) is 6. The van der Waals surface area contributed by atoms with E-state index in [2.05, 4.69) is 17.1 Å². The molecular formula is C27H38F2N2O4S2. The maximum Gasteiger partial charge on any atom is 0.175 e. The van der Waals surface area contributed by atoms with Crippen LogP contribution >= 0.6 is 0 Å². The molecule has 0 radical (unpaired) electrons. The van der Waals surface area contributed by atoms with E-state index in [9.17, 15) is 25.6 Å². The van der Waals surface area contributed by atoms with Gasteiger partial charge < -0.3 is 10.2 Å². The number of nitrogens with zero attached hydrogens (tertiary/aromatic N) is 1. The molecule has 4 rings (SSSR count). The van der Waals surface area contributed by atoms with Gasteiger partial charge in [0, 0.05) is 12.5 Å². The van der Waals surface area contributed by atoms with Crippen molar-refractivity contribution in [1.82, 2.24) is 10.2 Å². The van der Waals surface area contributed by atoms with Gasteiger partial charge in [-0.05, 0) is 124 Å². The molecule has 0 unspecified atom stereocenters. The Bertz CT molecular complexity index is 1270. The van der Waals surface area contributed by atoms with Crippen LogP contribution in [-0.2, 0) is 19.7 Å². The zero-order valence-corrected chi connectivity index (χ0v) is 23.5. The Morgan fingerprint density at radius 3 is 1.59 bits per heavy atom. The minimum Gasteiger partial charge on any atom is -0.317 e. The van der Waals surface area contributed by atoms with Gasteiger partial charge >= 0.3 is 0 Å². The van der Waals surface area contributed by atoms with Crippen LogP contribution in [0.15, 0.2) is 46.2 Å². The Kier molecular flexibility index (Phi) is 10.2. The van der Waals surface area contributed by atoms with E-state index in [4.69, 9.17) is 0 Å². The number of hydrogen-bond donors (Lipinski definition) is 1. The van der Waals surface area contributed by atoms with Gasteiger partial charge in [-0.3, -0.25) is 0 Å². The Morgan fingerprint density at radius 1 is 0.757 bits per heavy atom.